The third-order valence-corrected chi connectivity index (χ3v) is 7.73. The minimum Gasteiger partial charge on any atom is -0.493 e. The van der Waals surface area contributed by atoms with Gasteiger partial charge < -0.3 is 19.0 Å². The number of rotatable bonds is 6. The van der Waals surface area contributed by atoms with Crippen LogP contribution in [-0.4, -0.2) is 85.1 Å². The van der Waals surface area contributed by atoms with Crippen LogP contribution in [0, 0.1) is 5.92 Å². The van der Waals surface area contributed by atoms with Crippen LogP contribution in [0.5, 0.6) is 17.2 Å². The molecule has 3 heterocycles. The van der Waals surface area contributed by atoms with E-state index in [1.807, 2.05) is 34.7 Å². The van der Waals surface area contributed by atoms with Gasteiger partial charge in [0.15, 0.2) is 17.6 Å². The number of hydrogen-bond donors (Lipinski definition) is 0. The molecule has 38 heavy (non-hydrogen) atoms. The van der Waals surface area contributed by atoms with Crippen LogP contribution in [0.1, 0.15) is 23.1 Å². The number of oxime groups is 1. The van der Waals surface area contributed by atoms with E-state index in [2.05, 4.69) is 57.5 Å². The Balaban J connectivity index is 0.000000937. The van der Waals surface area contributed by atoms with Crippen molar-refractivity contribution in [3.8, 4) is 17.2 Å². The summed E-state index contributed by atoms with van der Waals surface area (Å²) in [6.45, 7) is 6.78. The minimum absolute atomic E-state index is 0.00958. The molecule has 4 aliphatic rings. The largest absolute Gasteiger partial charge is 0.493 e. The molecule has 0 N–H and O–H groups in total. The van der Waals surface area contributed by atoms with E-state index in [9.17, 15) is 0 Å². The van der Waals surface area contributed by atoms with E-state index >= 15 is 0 Å². The van der Waals surface area contributed by atoms with Crippen molar-refractivity contribution in [1.29, 1.82) is 0 Å². The van der Waals surface area contributed by atoms with Gasteiger partial charge in [-0.3, -0.25) is 9.80 Å². The first kappa shape index (κ1) is 27.4. The fourth-order valence-corrected chi connectivity index (χ4v) is 5.68. The van der Waals surface area contributed by atoms with Gasteiger partial charge in [0.05, 0.1) is 20.1 Å². The summed E-state index contributed by atoms with van der Waals surface area (Å²) >= 11 is 6.23. The third kappa shape index (κ3) is 6.00. The maximum Gasteiger partial charge on any atom is 0.164 e. The summed E-state index contributed by atoms with van der Waals surface area (Å²) < 4.78 is 18.6. The molecular weight excluding hydrogens is 613 g/mol. The maximum absolute atomic E-state index is 6.10. The van der Waals surface area contributed by atoms with Crippen molar-refractivity contribution in [2.45, 2.75) is 18.9 Å². The van der Waals surface area contributed by atoms with Gasteiger partial charge in [0.2, 0.25) is 0 Å². The molecular formula is C29H34IN3O4S. The number of nitrogens with zero attached hydrogens (tertiary/aromatic N) is 3. The molecule has 2 aromatic carbocycles. The number of methoxy groups -OCH3 is 2. The highest BCUT2D eigenvalue weighted by Crippen LogP contribution is 2.41. The number of ether oxygens (including phenoxy) is 3. The first-order valence-corrected chi connectivity index (χ1v) is 14.7. The van der Waals surface area contributed by atoms with E-state index in [4.69, 9.17) is 19.0 Å². The maximum atomic E-state index is 6.10. The van der Waals surface area contributed by atoms with E-state index < -0.39 is 0 Å². The monoisotopic (exact) mass is 647 g/mol. The van der Waals surface area contributed by atoms with Gasteiger partial charge in [-0.25, -0.2) is 0 Å². The summed E-state index contributed by atoms with van der Waals surface area (Å²) in [5.41, 5.74) is 6.33. The zero-order chi connectivity index (χ0) is 26.5. The smallest absolute Gasteiger partial charge is 0.164 e. The lowest BCUT2D eigenvalue weighted by Gasteiger charge is -2.37. The summed E-state index contributed by atoms with van der Waals surface area (Å²) in [6.07, 6.45) is 4.75. The summed E-state index contributed by atoms with van der Waals surface area (Å²) in [5.74, 6) is 2.24. The Morgan fingerprint density at radius 1 is 1.05 bits per heavy atom. The van der Waals surface area contributed by atoms with Gasteiger partial charge >= 0.3 is 0 Å². The molecule has 9 heteroatoms. The molecule has 6 rings (SSSR count). The lowest BCUT2D eigenvalue weighted by Crippen LogP contribution is -2.50. The van der Waals surface area contributed by atoms with Crippen LogP contribution in [0.2, 0.25) is 0 Å². The van der Waals surface area contributed by atoms with E-state index in [1.165, 1.54) is 17.5 Å². The molecule has 202 valence electrons. The van der Waals surface area contributed by atoms with Gasteiger partial charge in [0.25, 0.3) is 0 Å². The van der Waals surface area contributed by atoms with Gasteiger partial charge in [-0.2, -0.15) is 0 Å². The Morgan fingerprint density at radius 2 is 1.76 bits per heavy atom. The average Bonchev–Trinajstić information content (AvgIpc) is 3.36. The van der Waals surface area contributed by atoms with Crippen LogP contribution < -0.4 is 14.2 Å². The molecule has 1 fully saturated rings. The highest BCUT2D eigenvalue weighted by molar-refractivity contribution is 14.1. The lowest BCUT2D eigenvalue weighted by molar-refractivity contribution is 0.0100. The zero-order valence-corrected chi connectivity index (χ0v) is 24.9. The molecule has 2 aromatic rings. The van der Waals surface area contributed by atoms with Crippen molar-refractivity contribution in [3.05, 3.63) is 58.7 Å². The van der Waals surface area contributed by atoms with Crippen LogP contribution in [0.4, 0.5) is 0 Å². The molecule has 0 bridgehead atoms. The van der Waals surface area contributed by atoms with E-state index in [0.717, 1.165) is 62.7 Å². The van der Waals surface area contributed by atoms with Crippen LogP contribution in [-0.2, 0) is 11.3 Å². The Labute approximate surface area is 243 Å². The molecule has 0 saturated carbocycles. The van der Waals surface area contributed by atoms with Gasteiger partial charge in [-0.15, -0.1) is 0 Å². The molecule has 7 nitrogen and oxygen atoms in total. The zero-order valence-electron chi connectivity index (χ0n) is 21.9. The predicted octanol–water partition coefficient (Wildman–Crippen LogP) is 4.84. The van der Waals surface area contributed by atoms with Gasteiger partial charge in [-0.1, -0.05) is 53.3 Å². The van der Waals surface area contributed by atoms with Crippen molar-refractivity contribution in [2.24, 2.45) is 11.1 Å². The normalized spacial score (nSPS) is 22.2. The Kier molecular flexibility index (Phi) is 9.19. The molecule has 0 amide bonds. The third-order valence-electron chi connectivity index (χ3n) is 7.73. The van der Waals surface area contributed by atoms with E-state index in [1.54, 1.807) is 23.2 Å². The predicted molar refractivity (Wildman–Crippen MR) is 163 cm³/mol. The van der Waals surface area contributed by atoms with Crippen LogP contribution in [0.15, 0.2) is 47.1 Å². The Bertz CT molecular complexity index is 1210. The number of hydrogen-bond acceptors (Lipinski definition) is 8. The number of halogens is 1. The molecule has 2 atom stereocenters. The number of piperazine rings is 1. The molecule has 0 spiro atoms. The van der Waals surface area contributed by atoms with Crippen molar-refractivity contribution in [1.82, 2.24) is 9.80 Å². The molecule has 0 radical (unpaired) electrons. The Hall–Kier alpha value is -2.21. The number of benzene rings is 2. The fraction of sp³-hybridized carbons (Fsp3) is 0.448. The first-order chi connectivity index (χ1) is 18.6. The van der Waals surface area contributed by atoms with Gasteiger partial charge in [-0.05, 0) is 52.6 Å². The van der Waals surface area contributed by atoms with Gasteiger partial charge in [0, 0.05) is 54.3 Å². The number of fused-ring (bicyclic) bond motifs is 4. The number of aryl methyl sites for hydroxylation is 1. The molecule has 1 saturated heterocycles. The first-order valence-electron chi connectivity index (χ1n) is 13.0. The second-order valence-electron chi connectivity index (χ2n) is 9.91. The summed E-state index contributed by atoms with van der Waals surface area (Å²) in [7, 11) is 3.28. The quantitative estimate of drug-likeness (QED) is 0.253. The van der Waals surface area contributed by atoms with E-state index in [-0.39, 0.29) is 12.0 Å². The molecule has 2 unspecified atom stereocenters. The number of thiocarbonyl (C=S) groups is 1. The highest BCUT2D eigenvalue weighted by atomic mass is 127. The van der Waals surface area contributed by atoms with E-state index in [0.29, 0.717) is 18.1 Å². The van der Waals surface area contributed by atoms with Crippen molar-refractivity contribution in [3.63, 3.8) is 0 Å². The van der Waals surface area contributed by atoms with Crippen molar-refractivity contribution < 1.29 is 19.0 Å². The average molecular weight is 648 g/mol. The highest BCUT2D eigenvalue weighted by Gasteiger charge is 2.41. The molecule has 3 aliphatic heterocycles. The van der Waals surface area contributed by atoms with Crippen LogP contribution >= 0.6 is 34.8 Å². The lowest BCUT2D eigenvalue weighted by atomic mass is 9.90. The van der Waals surface area contributed by atoms with Crippen molar-refractivity contribution >= 4 is 50.0 Å². The summed E-state index contributed by atoms with van der Waals surface area (Å²) in [4.78, 5) is 11.0. The van der Waals surface area contributed by atoms with Crippen molar-refractivity contribution in [2.75, 3.05) is 60.1 Å². The topological polar surface area (TPSA) is 55.8 Å². The standard InChI is InChI=1S/C28H33N3O4.CHIS/c1-32-25-14-22-24(15-26(25)33-2)34-18-23-27(35-29-28(22)23)17-31-11-9-30(10-12-31)16-19-7-8-20-5-3-4-6-21(20)13-19;2-1-3/h3-6,13-15,23,27H,7-12,16-18H2,1-2H3;1H. The Morgan fingerprint density at radius 3 is 2.53 bits per heavy atom. The molecule has 0 aromatic heterocycles. The van der Waals surface area contributed by atoms with Gasteiger partial charge in [0.1, 0.15) is 18.1 Å². The second-order valence-corrected chi connectivity index (χ2v) is 11.6. The van der Waals surface area contributed by atoms with Crippen LogP contribution in [0.25, 0.3) is 6.08 Å². The second kappa shape index (κ2) is 12.8. The fourth-order valence-electron chi connectivity index (χ4n) is 5.68. The summed E-state index contributed by atoms with van der Waals surface area (Å²) in [5, 5.41) is 4.48. The van der Waals surface area contributed by atoms with Crippen LogP contribution in [0.3, 0.4) is 0 Å². The molecule has 1 aliphatic carbocycles. The SMILES string of the molecule is COc1cc2c(cc1OC)C1=NOC(CN3CCN(CC4=Cc5ccccc5CC4)CC3)C1CO2.S=CI. The summed E-state index contributed by atoms with van der Waals surface area (Å²) in [6, 6.07) is 12.6. The minimum atomic E-state index is 0.00958.